The number of carbonyl (C=O) groups is 1. The summed E-state index contributed by atoms with van der Waals surface area (Å²) in [6.07, 6.45) is 2.71. The van der Waals surface area contributed by atoms with Gasteiger partial charge in [0.25, 0.3) is 5.91 Å². The molecule has 0 aliphatic heterocycles. The molecule has 5 nitrogen and oxygen atoms in total. The molecular weight excluding hydrogens is 334 g/mol. The zero-order valence-electron chi connectivity index (χ0n) is 12.9. The Morgan fingerprint density at radius 1 is 1.43 bits per heavy atom. The van der Waals surface area contributed by atoms with Crippen molar-refractivity contribution in [3.8, 4) is 0 Å². The van der Waals surface area contributed by atoms with Crippen LogP contribution in [0.4, 0.5) is 5.82 Å². The minimum absolute atomic E-state index is 0.146. The molecule has 6 heteroatoms. The average Bonchev–Trinajstić information content (AvgIpc) is 2.44. The maximum absolute atomic E-state index is 12.2. The molecule has 1 heterocycles. The summed E-state index contributed by atoms with van der Waals surface area (Å²) in [5.74, 6) is 1.08. The molecule has 0 aliphatic carbocycles. The molecule has 0 saturated carbocycles. The molecule has 0 fully saturated rings. The second-order valence-electron chi connectivity index (χ2n) is 5.13. The quantitative estimate of drug-likeness (QED) is 0.666. The number of nitrogens with zero attached hydrogens (tertiary/aromatic N) is 1. The Labute approximate surface area is 135 Å². The first kappa shape index (κ1) is 17.9. The Morgan fingerprint density at radius 2 is 2.19 bits per heavy atom. The van der Waals surface area contributed by atoms with Crippen LogP contribution in [0.3, 0.4) is 0 Å². The number of ether oxygens (including phenoxy) is 1. The molecule has 1 aromatic rings. The monoisotopic (exact) mass is 357 g/mol. The third-order valence-electron chi connectivity index (χ3n) is 2.81. The van der Waals surface area contributed by atoms with Crippen LogP contribution in [-0.2, 0) is 4.74 Å². The van der Waals surface area contributed by atoms with Crippen molar-refractivity contribution in [1.29, 1.82) is 0 Å². The van der Waals surface area contributed by atoms with Crippen molar-refractivity contribution in [3.63, 3.8) is 0 Å². The largest absolute Gasteiger partial charge is 0.380 e. The van der Waals surface area contributed by atoms with E-state index in [4.69, 9.17) is 4.74 Å². The molecule has 0 aromatic carbocycles. The number of hydrogen-bond acceptors (Lipinski definition) is 4. The molecule has 0 unspecified atom stereocenters. The molecule has 1 aromatic heterocycles. The standard InChI is InChI=1S/C15H24BrN3O2/c1-4-17-14-13(9-12(16)10-19-14)15(20)18-6-8-21-7-5-11(2)3/h9-11H,4-8H2,1-3H3,(H,17,19)(H,18,20). The molecule has 0 atom stereocenters. The molecule has 1 rings (SSSR count). The summed E-state index contributed by atoms with van der Waals surface area (Å²) < 4.78 is 6.26. The average molecular weight is 358 g/mol. The minimum Gasteiger partial charge on any atom is -0.380 e. The van der Waals surface area contributed by atoms with Crippen LogP contribution in [0.1, 0.15) is 37.6 Å². The summed E-state index contributed by atoms with van der Waals surface area (Å²) in [4.78, 5) is 16.4. The number of amides is 1. The Kier molecular flexibility index (Phi) is 8.30. The van der Waals surface area contributed by atoms with Gasteiger partial charge in [0.1, 0.15) is 5.82 Å². The second-order valence-corrected chi connectivity index (χ2v) is 6.05. The van der Waals surface area contributed by atoms with Crippen LogP contribution in [0.5, 0.6) is 0 Å². The van der Waals surface area contributed by atoms with Crippen molar-refractivity contribution < 1.29 is 9.53 Å². The van der Waals surface area contributed by atoms with Crippen molar-refractivity contribution in [3.05, 3.63) is 22.3 Å². The highest BCUT2D eigenvalue weighted by atomic mass is 79.9. The van der Waals surface area contributed by atoms with E-state index in [1.807, 2.05) is 6.92 Å². The van der Waals surface area contributed by atoms with Gasteiger partial charge in [-0.15, -0.1) is 0 Å². The molecule has 118 valence electrons. The fourth-order valence-electron chi connectivity index (χ4n) is 1.67. The van der Waals surface area contributed by atoms with E-state index in [-0.39, 0.29) is 5.91 Å². The molecule has 0 aliphatic rings. The SMILES string of the molecule is CCNc1ncc(Br)cc1C(=O)NCCOCCC(C)C. The molecule has 1 amide bonds. The van der Waals surface area contributed by atoms with E-state index in [0.717, 1.165) is 17.5 Å². The van der Waals surface area contributed by atoms with Gasteiger partial charge in [-0.05, 0) is 41.3 Å². The molecule has 0 saturated heterocycles. The number of halogens is 1. The van der Waals surface area contributed by atoms with Crippen LogP contribution in [0.2, 0.25) is 0 Å². The fourth-order valence-corrected chi connectivity index (χ4v) is 2.01. The predicted octanol–water partition coefficient (Wildman–Crippen LogP) is 3.07. The van der Waals surface area contributed by atoms with Crippen LogP contribution in [0.25, 0.3) is 0 Å². The van der Waals surface area contributed by atoms with Gasteiger partial charge in [-0.25, -0.2) is 4.98 Å². The van der Waals surface area contributed by atoms with Crippen LogP contribution >= 0.6 is 15.9 Å². The molecular formula is C15H24BrN3O2. The van der Waals surface area contributed by atoms with Gasteiger partial charge < -0.3 is 15.4 Å². The summed E-state index contributed by atoms with van der Waals surface area (Å²) in [5.41, 5.74) is 0.536. The summed E-state index contributed by atoms with van der Waals surface area (Å²) in [7, 11) is 0. The first-order valence-electron chi connectivity index (χ1n) is 7.30. The molecule has 0 radical (unpaired) electrons. The topological polar surface area (TPSA) is 63.2 Å². The lowest BCUT2D eigenvalue weighted by atomic mass is 10.1. The van der Waals surface area contributed by atoms with Gasteiger partial charge in [-0.1, -0.05) is 13.8 Å². The molecule has 21 heavy (non-hydrogen) atoms. The second kappa shape index (κ2) is 9.73. The molecule has 0 bridgehead atoms. The lowest BCUT2D eigenvalue weighted by Gasteiger charge is -2.11. The Balaban J connectivity index is 2.42. The zero-order valence-corrected chi connectivity index (χ0v) is 14.5. The number of nitrogens with one attached hydrogen (secondary N) is 2. The summed E-state index contributed by atoms with van der Waals surface area (Å²) in [6, 6.07) is 1.76. The van der Waals surface area contributed by atoms with Crippen LogP contribution in [0.15, 0.2) is 16.7 Å². The Bertz CT molecular complexity index is 453. The van der Waals surface area contributed by atoms with Crippen molar-refractivity contribution in [2.45, 2.75) is 27.2 Å². The Hall–Kier alpha value is -1.14. The van der Waals surface area contributed by atoms with Crippen LogP contribution < -0.4 is 10.6 Å². The number of anilines is 1. The third kappa shape index (κ3) is 6.91. The van der Waals surface area contributed by atoms with Crippen molar-refractivity contribution in [1.82, 2.24) is 10.3 Å². The number of carbonyl (C=O) groups excluding carboxylic acids is 1. The summed E-state index contributed by atoms with van der Waals surface area (Å²) in [6.45, 7) is 8.75. The summed E-state index contributed by atoms with van der Waals surface area (Å²) >= 11 is 3.34. The number of pyridine rings is 1. The first-order chi connectivity index (χ1) is 10.0. The van der Waals surface area contributed by atoms with E-state index >= 15 is 0 Å². The van der Waals surface area contributed by atoms with E-state index in [1.54, 1.807) is 12.3 Å². The highest BCUT2D eigenvalue weighted by Gasteiger charge is 2.12. The highest BCUT2D eigenvalue weighted by Crippen LogP contribution is 2.17. The predicted molar refractivity (Wildman–Crippen MR) is 88.7 cm³/mol. The normalized spacial score (nSPS) is 10.7. The lowest BCUT2D eigenvalue weighted by Crippen LogP contribution is -2.28. The van der Waals surface area contributed by atoms with Gasteiger partial charge >= 0.3 is 0 Å². The number of hydrogen-bond donors (Lipinski definition) is 2. The van der Waals surface area contributed by atoms with Gasteiger partial charge in [0.2, 0.25) is 0 Å². The van der Waals surface area contributed by atoms with Gasteiger partial charge in [-0.2, -0.15) is 0 Å². The van der Waals surface area contributed by atoms with E-state index in [9.17, 15) is 4.79 Å². The van der Waals surface area contributed by atoms with Crippen LogP contribution in [0, 0.1) is 5.92 Å². The number of rotatable bonds is 9. The van der Waals surface area contributed by atoms with Crippen molar-refractivity contribution in [2.24, 2.45) is 5.92 Å². The third-order valence-corrected chi connectivity index (χ3v) is 3.25. The molecule has 2 N–H and O–H groups in total. The van der Waals surface area contributed by atoms with Gasteiger partial charge in [0, 0.05) is 30.4 Å². The highest BCUT2D eigenvalue weighted by molar-refractivity contribution is 9.10. The first-order valence-corrected chi connectivity index (χ1v) is 8.09. The fraction of sp³-hybridized carbons (Fsp3) is 0.600. The van der Waals surface area contributed by atoms with Gasteiger partial charge in [-0.3, -0.25) is 4.79 Å². The lowest BCUT2D eigenvalue weighted by molar-refractivity contribution is 0.0906. The van der Waals surface area contributed by atoms with Crippen molar-refractivity contribution in [2.75, 3.05) is 31.6 Å². The van der Waals surface area contributed by atoms with Gasteiger partial charge in [0.05, 0.1) is 12.2 Å². The van der Waals surface area contributed by atoms with E-state index in [2.05, 4.69) is 45.4 Å². The van der Waals surface area contributed by atoms with E-state index < -0.39 is 0 Å². The van der Waals surface area contributed by atoms with E-state index in [0.29, 0.717) is 37.0 Å². The van der Waals surface area contributed by atoms with E-state index in [1.165, 1.54) is 0 Å². The smallest absolute Gasteiger partial charge is 0.255 e. The number of aromatic nitrogens is 1. The maximum Gasteiger partial charge on any atom is 0.255 e. The van der Waals surface area contributed by atoms with Gasteiger partial charge in [0.15, 0.2) is 0 Å². The summed E-state index contributed by atoms with van der Waals surface area (Å²) in [5, 5.41) is 5.93. The van der Waals surface area contributed by atoms with Crippen molar-refractivity contribution >= 4 is 27.7 Å². The maximum atomic E-state index is 12.2. The zero-order chi connectivity index (χ0) is 15.7. The Morgan fingerprint density at radius 3 is 2.86 bits per heavy atom. The minimum atomic E-state index is -0.146. The molecule has 0 spiro atoms. The van der Waals surface area contributed by atoms with Crippen LogP contribution in [-0.4, -0.2) is 37.2 Å².